The van der Waals surface area contributed by atoms with Crippen LogP contribution in [-0.2, 0) is 5.88 Å². The highest BCUT2D eigenvalue weighted by Gasteiger charge is 2.18. The number of halogens is 3. The number of rotatable bonds is 3. The van der Waals surface area contributed by atoms with Crippen molar-refractivity contribution >= 4 is 17.3 Å². The lowest BCUT2D eigenvalue weighted by Gasteiger charge is -2.03. The molecule has 1 aromatic heterocycles. The second-order valence-electron chi connectivity index (χ2n) is 2.42. The van der Waals surface area contributed by atoms with Crippen LogP contribution in [0.15, 0.2) is 12.3 Å². The Kier molecular flexibility index (Phi) is 3.29. The summed E-state index contributed by atoms with van der Waals surface area (Å²) in [7, 11) is 0. The molecular weight excluding hydrogens is 218 g/mol. The lowest BCUT2D eigenvalue weighted by atomic mass is 10.2. The molecule has 0 saturated carbocycles. The van der Waals surface area contributed by atoms with Gasteiger partial charge in [0, 0.05) is 11.6 Å². The Balaban J connectivity index is 3.20. The molecule has 0 spiro atoms. The second kappa shape index (κ2) is 4.28. The zero-order chi connectivity index (χ0) is 10.7. The predicted octanol–water partition coefficient (Wildman–Crippen LogP) is 2.67. The molecule has 0 unspecified atom stereocenters. The molecule has 0 bridgehead atoms. The molecule has 7 heteroatoms. The molecule has 0 radical (unpaired) electrons. The molecule has 1 aromatic rings. The van der Waals surface area contributed by atoms with Crippen LogP contribution in [0.25, 0.3) is 0 Å². The van der Waals surface area contributed by atoms with E-state index in [1.165, 1.54) is 0 Å². The van der Waals surface area contributed by atoms with Gasteiger partial charge in [-0.2, -0.15) is 0 Å². The lowest BCUT2D eigenvalue weighted by molar-refractivity contribution is -0.385. The number of aromatic nitrogens is 1. The second-order valence-corrected chi connectivity index (χ2v) is 2.69. The predicted molar refractivity (Wildman–Crippen MR) is 45.4 cm³/mol. The summed E-state index contributed by atoms with van der Waals surface area (Å²) in [6, 6.07) is 0.787. The van der Waals surface area contributed by atoms with Crippen molar-refractivity contribution in [1.29, 1.82) is 0 Å². The normalized spacial score (nSPS) is 10.6. The minimum atomic E-state index is -2.81. The number of alkyl halides is 3. The Hall–Kier alpha value is -1.30. The van der Waals surface area contributed by atoms with Crippen LogP contribution < -0.4 is 0 Å². The third-order valence-electron chi connectivity index (χ3n) is 1.56. The van der Waals surface area contributed by atoms with Crippen molar-refractivity contribution in [2.45, 2.75) is 12.3 Å². The van der Waals surface area contributed by atoms with Gasteiger partial charge in [0.25, 0.3) is 12.1 Å². The van der Waals surface area contributed by atoms with Crippen molar-refractivity contribution in [3.63, 3.8) is 0 Å². The van der Waals surface area contributed by atoms with Gasteiger partial charge in [-0.3, -0.25) is 15.1 Å². The summed E-state index contributed by atoms with van der Waals surface area (Å²) in [4.78, 5) is 13.0. The summed E-state index contributed by atoms with van der Waals surface area (Å²) in [6.07, 6.45) is -1.90. The maximum absolute atomic E-state index is 12.3. The van der Waals surface area contributed by atoms with E-state index in [9.17, 15) is 18.9 Å². The minimum absolute atomic E-state index is 0.0349. The highest BCUT2D eigenvalue weighted by atomic mass is 35.5. The van der Waals surface area contributed by atoms with E-state index in [0.717, 1.165) is 12.3 Å². The molecule has 0 atom stereocenters. The fourth-order valence-electron chi connectivity index (χ4n) is 0.899. The van der Waals surface area contributed by atoms with Gasteiger partial charge in [0.05, 0.1) is 16.5 Å². The van der Waals surface area contributed by atoms with E-state index in [1.54, 1.807) is 0 Å². The maximum Gasteiger partial charge on any atom is 0.288 e. The molecule has 14 heavy (non-hydrogen) atoms. The molecule has 1 rings (SSSR count). The number of nitro groups is 1. The number of hydrogen-bond donors (Lipinski definition) is 0. The van der Waals surface area contributed by atoms with Gasteiger partial charge in [0.1, 0.15) is 6.20 Å². The summed E-state index contributed by atoms with van der Waals surface area (Å²) >= 11 is 5.34. The molecule has 1 heterocycles. The Morgan fingerprint density at radius 1 is 1.64 bits per heavy atom. The summed E-state index contributed by atoms with van der Waals surface area (Å²) in [5.41, 5.74) is -0.990. The third-order valence-corrected chi connectivity index (χ3v) is 1.81. The fourth-order valence-corrected chi connectivity index (χ4v) is 1.12. The van der Waals surface area contributed by atoms with Gasteiger partial charge in [0.2, 0.25) is 0 Å². The van der Waals surface area contributed by atoms with E-state index in [1.807, 2.05) is 0 Å². The van der Waals surface area contributed by atoms with Crippen molar-refractivity contribution in [2.24, 2.45) is 0 Å². The van der Waals surface area contributed by atoms with Crippen LogP contribution in [0.3, 0.4) is 0 Å². The summed E-state index contributed by atoms with van der Waals surface area (Å²) in [5.74, 6) is -0.197. The number of nitrogens with zero attached hydrogens (tertiary/aromatic N) is 2. The monoisotopic (exact) mass is 222 g/mol. The number of pyridine rings is 1. The van der Waals surface area contributed by atoms with Crippen LogP contribution in [0.1, 0.15) is 17.7 Å². The van der Waals surface area contributed by atoms with Crippen molar-refractivity contribution in [3.8, 4) is 0 Å². The lowest BCUT2D eigenvalue weighted by Crippen LogP contribution is -1.99. The van der Waals surface area contributed by atoms with Gasteiger partial charge in [-0.25, -0.2) is 8.78 Å². The summed E-state index contributed by atoms with van der Waals surface area (Å²) in [6.45, 7) is 0. The van der Waals surface area contributed by atoms with Crippen LogP contribution in [0.5, 0.6) is 0 Å². The molecule has 0 amide bonds. The highest BCUT2D eigenvalue weighted by Crippen LogP contribution is 2.26. The van der Waals surface area contributed by atoms with Crippen LogP contribution in [-0.4, -0.2) is 9.91 Å². The largest absolute Gasteiger partial charge is 0.288 e. The molecular formula is C7H5ClF2N2O2. The standard InChI is InChI=1S/C7H5ClF2N2O2/c8-2-6-5(7(9)10)1-4(3-11-6)12(13)14/h1,3,7H,2H2. The molecule has 4 nitrogen and oxygen atoms in total. The SMILES string of the molecule is O=[N+]([O-])c1cnc(CCl)c(C(F)F)c1. The van der Waals surface area contributed by atoms with E-state index in [-0.39, 0.29) is 11.6 Å². The van der Waals surface area contributed by atoms with Crippen LogP contribution in [0.2, 0.25) is 0 Å². The fraction of sp³-hybridized carbons (Fsp3) is 0.286. The zero-order valence-corrected chi connectivity index (χ0v) is 7.54. The first-order valence-electron chi connectivity index (χ1n) is 3.53. The highest BCUT2D eigenvalue weighted by molar-refractivity contribution is 6.17. The molecule has 0 aliphatic rings. The molecule has 0 aliphatic heterocycles. The van der Waals surface area contributed by atoms with E-state index in [2.05, 4.69) is 4.98 Å². The molecule has 0 N–H and O–H groups in total. The first kappa shape index (κ1) is 10.8. The quantitative estimate of drug-likeness (QED) is 0.449. The van der Waals surface area contributed by atoms with E-state index >= 15 is 0 Å². The van der Waals surface area contributed by atoms with Crippen molar-refractivity contribution in [2.75, 3.05) is 0 Å². The van der Waals surface area contributed by atoms with Gasteiger partial charge in [0.15, 0.2) is 0 Å². The average Bonchev–Trinajstić information content (AvgIpc) is 2.16. The van der Waals surface area contributed by atoms with Crippen molar-refractivity contribution < 1.29 is 13.7 Å². The smallest absolute Gasteiger partial charge is 0.258 e. The average molecular weight is 223 g/mol. The first-order valence-corrected chi connectivity index (χ1v) is 4.07. The van der Waals surface area contributed by atoms with Crippen molar-refractivity contribution in [1.82, 2.24) is 4.98 Å². The van der Waals surface area contributed by atoms with Gasteiger partial charge >= 0.3 is 0 Å². The Labute approximate surface area is 82.7 Å². The molecule has 0 aromatic carbocycles. The minimum Gasteiger partial charge on any atom is -0.258 e. The summed E-state index contributed by atoms with van der Waals surface area (Å²) < 4.78 is 24.7. The van der Waals surface area contributed by atoms with Crippen LogP contribution in [0, 0.1) is 10.1 Å². The van der Waals surface area contributed by atoms with Gasteiger partial charge in [-0.15, -0.1) is 11.6 Å². The Morgan fingerprint density at radius 3 is 2.71 bits per heavy atom. The molecule has 0 fully saturated rings. The van der Waals surface area contributed by atoms with Gasteiger partial charge in [-0.1, -0.05) is 0 Å². The van der Waals surface area contributed by atoms with Gasteiger partial charge < -0.3 is 0 Å². The van der Waals surface area contributed by atoms with E-state index in [0.29, 0.717) is 0 Å². The topological polar surface area (TPSA) is 56.0 Å². The maximum atomic E-state index is 12.3. The Bertz CT molecular complexity index is 360. The van der Waals surface area contributed by atoms with Crippen molar-refractivity contribution in [3.05, 3.63) is 33.6 Å². The molecule has 0 aliphatic carbocycles. The van der Waals surface area contributed by atoms with Crippen LogP contribution >= 0.6 is 11.6 Å². The third kappa shape index (κ3) is 2.14. The molecule has 0 saturated heterocycles. The zero-order valence-electron chi connectivity index (χ0n) is 6.78. The van der Waals surface area contributed by atoms with Crippen LogP contribution in [0.4, 0.5) is 14.5 Å². The van der Waals surface area contributed by atoms with E-state index in [4.69, 9.17) is 11.6 Å². The van der Waals surface area contributed by atoms with Gasteiger partial charge in [-0.05, 0) is 0 Å². The number of hydrogen-bond acceptors (Lipinski definition) is 3. The van der Waals surface area contributed by atoms with E-state index < -0.39 is 22.6 Å². The molecule has 76 valence electrons. The Morgan fingerprint density at radius 2 is 2.29 bits per heavy atom. The first-order chi connectivity index (χ1) is 6.56. The summed E-state index contributed by atoms with van der Waals surface area (Å²) in [5, 5.41) is 10.3.